The molecule has 17 heavy (non-hydrogen) atoms. The molecule has 0 aliphatic rings. The average molecular weight is 264 g/mol. The molecule has 102 valence electrons. The minimum atomic E-state index is -3.07. The molecule has 0 spiro atoms. The minimum absolute atomic E-state index is 0.101. The highest BCUT2D eigenvalue weighted by Crippen LogP contribution is 2.55. The van der Waals surface area contributed by atoms with Gasteiger partial charge in [0.05, 0.1) is 5.66 Å². The Labute approximate surface area is 105 Å². The van der Waals surface area contributed by atoms with Crippen molar-refractivity contribution in [2.45, 2.75) is 52.1 Å². The van der Waals surface area contributed by atoms with Crippen LogP contribution < -0.4 is 0 Å². The van der Waals surface area contributed by atoms with Gasteiger partial charge in [-0.3, -0.25) is 9.36 Å². The summed E-state index contributed by atoms with van der Waals surface area (Å²) in [6, 6.07) is 0. The molecule has 0 aromatic carbocycles. The lowest BCUT2D eigenvalue weighted by Crippen LogP contribution is -2.19. The molecule has 5 heteroatoms. The van der Waals surface area contributed by atoms with Crippen LogP contribution in [0.5, 0.6) is 0 Å². The average Bonchev–Trinajstić information content (AvgIpc) is 2.32. The Morgan fingerprint density at radius 3 is 2.18 bits per heavy atom. The fraction of sp³-hybridized carbons (Fsp3) is 0.917. The second kappa shape index (κ2) is 8.02. The molecule has 0 aliphatic carbocycles. The number of rotatable bonds is 9. The van der Waals surface area contributed by atoms with Gasteiger partial charge in [0.2, 0.25) is 0 Å². The van der Waals surface area contributed by atoms with E-state index in [4.69, 9.17) is 9.05 Å². The molecule has 4 nitrogen and oxygen atoms in total. The van der Waals surface area contributed by atoms with Crippen LogP contribution in [0.25, 0.3) is 0 Å². The number of ketones is 1. The molecular weight excluding hydrogens is 239 g/mol. The van der Waals surface area contributed by atoms with E-state index in [-0.39, 0.29) is 17.4 Å². The van der Waals surface area contributed by atoms with Crippen LogP contribution in [0.1, 0.15) is 46.5 Å². The van der Waals surface area contributed by atoms with Crippen molar-refractivity contribution < 1.29 is 18.4 Å². The van der Waals surface area contributed by atoms with Crippen LogP contribution in [0.15, 0.2) is 0 Å². The molecule has 0 saturated heterocycles. The van der Waals surface area contributed by atoms with Crippen molar-refractivity contribution in [1.29, 1.82) is 0 Å². The van der Waals surface area contributed by atoms with E-state index < -0.39 is 7.60 Å². The number of hydrogen-bond donors (Lipinski definition) is 0. The zero-order valence-electron chi connectivity index (χ0n) is 11.6. The van der Waals surface area contributed by atoms with Gasteiger partial charge >= 0.3 is 7.60 Å². The third kappa shape index (κ3) is 5.33. The van der Waals surface area contributed by atoms with Crippen molar-refractivity contribution >= 4 is 13.4 Å². The smallest absolute Gasteiger partial charge is 0.312 e. The lowest BCUT2D eigenvalue weighted by atomic mass is 9.99. The molecule has 2 atom stereocenters. The summed E-state index contributed by atoms with van der Waals surface area (Å²) in [5.74, 6) is 0.0146. The summed E-state index contributed by atoms with van der Waals surface area (Å²) >= 11 is 0. The standard InChI is InChI=1S/C12H25O4P/c1-6-7-8-12(9-10(2)11(3)13)17(14,15-4)16-5/h10,12H,6-9H2,1-5H3. The molecule has 0 rings (SSSR count). The fourth-order valence-corrected chi connectivity index (χ4v) is 3.61. The second-order valence-corrected chi connectivity index (χ2v) is 6.99. The van der Waals surface area contributed by atoms with Gasteiger partial charge in [-0.2, -0.15) is 0 Å². The first kappa shape index (κ1) is 16.8. The topological polar surface area (TPSA) is 52.6 Å². The zero-order valence-corrected chi connectivity index (χ0v) is 12.5. The summed E-state index contributed by atoms with van der Waals surface area (Å²) in [5, 5.41) is 0. The number of carbonyl (C=O) groups is 1. The first-order valence-electron chi connectivity index (χ1n) is 6.12. The summed E-state index contributed by atoms with van der Waals surface area (Å²) in [5.41, 5.74) is -0.184. The Bertz CT molecular complexity index is 270. The van der Waals surface area contributed by atoms with Gasteiger partial charge in [-0.05, 0) is 19.8 Å². The van der Waals surface area contributed by atoms with Gasteiger partial charge in [-0.15, -0.1) is 0 Å². The molecule has 0 aromatic heterocycles. The Morgan fingerprint density at radius 2 is 1.82 bits per heavy atom. The maximum Gasteiger partial charge on any atom is 0.333 e. The zero-order chi connectivity index (χ0) is 13.5. The van der Waals surface area contributed by atoms with E-state index in [1.807, 2.05) is 6.92 Å². The highest BCUT2D eigenvalue weighted by atomic mass is 31.2. The van der Waals surface area contributed by atoms with Crippen LogP contribution in [0.2, 0.25) is 0 Å². The Balaban J connectivity index is 4.74. The van der Waals surface area contributed by atoms with Crippen molar-refractivity contribution in [3.63, 3.8) is 0 Å². The Kier molecular flexibility index (Phi) is 7.93. The first-order valence-corrected chi connectivity index (χ1v) is 7.74. The van der Waals surface area contributed by atoms with E-state index in [0.29, 0.717) is 6.42 Å². The van der Waals surface area contributed by atoms with E-state index in [2.05, 4.69) is 6.92 Å². The van der Waals surface area contributed by atoms with Gasteiger partial charge in [0, 0.05) is 20.1 Å². The predicted octanol–water partition coefficient (Wildman–Crippen LogP) is 3.65. The maximum atomic E-state index is 12.4. The van der Waals surface area contributed by atoms with Crippen LogP contribution in [0, 0.1) is 5.92 Å². The molecule has 0 aromatic rings. The fourth-order valence-electron chi connectivity index (χ4n) is 1.79. The van der Waals surface area contributed by atoms with Gasteiger partial charge in [0.1, 0.15) is 5.78 Å². The van der Waals surface area contributed by atoms with E-state index in [1.54, 1.807) is 6.92 Å². The lowest BCUT2D eigenvalue weighted by Gasteiger charge is -2.25. The first-order chi connectivity index (χ1) is 7.91. The van der Waals surface area contributed by atoms with Crippen LogP contribution >= 0.6 is 7.60 Å². The van der Waals surface area contributed by atoms with E-state index in [0.717, 1.165) is 19.3 Å². The molecule has 2 unspecified atom stereocenters. The highest BCUT2D eigenvalue weighted by molar-refractivity contribution is 7.54. The van der Waals surface area contributed by atoms with Gasteiger partial charge in [0.25, 0.3) is 0 Å². The normalized spacial score (nSPS) is 15.6. The Morgan fingerprint density at radius 1 is 1.29 bits per heavy atom. The highest BCUT2D eigenvalue weighted by Gasteiger charge is 2.35. The third-order valence-corrected chi connectivity index (χ3v) is 5.55. The minimum Gasteiger partial charge on any atom is -0.312 e. The number of Topliss-reactive ketones (excluding diaryl/α,β-unsaturated/α-hetero) is 1. The summed E-state index contributed by atoms with van der Waals surface area (Å²) in [6.45, 7) is 5.50. The van der Waals surface area contributed by atoms with Crippen molar-refractivity contribution in [2.24, 2.45) is 5.92 Å². The van der Waals surface area contributed by atoms with Crippen molar-refractivity contribution in [3.8, 4) is 0 Å². The number of carbonyl (C=O) groups excluding carboxylic acids is 1. The number of unbranched alkanes of at least 4 members (excludes halogenated alkanes) is 1. The largest absolute Gasteiger partial charge is 0.333 e. The molecular formula is C12H25O4P. The number of hydrogen-bond acceptors (Lipinski definition) is 4. The van der Waals surface area contributed by atoms with Crippen LogP contribution in [-0.4, -0.2) is 25.7 Å². The maximum absolute atomic E-state index is 12.4. The summed E-state index contributed by atoms with van der Waals surface area (Å²) < 4.78 is 22.5. The summed E-state index contributed by atoms with van der Waals surface area (Å²) in [6.07, 6.45) is 3.33. The van der Waals surface area contributed by atoms with Gasteiger partial charge in [-0.25, -0.2) is 0 Å². The molecule has 0 radical (unpaired) electrons. The van der Waals surface area contributed by atoms with Crippen LogP contribution in [0.4, 0.5) is 0 Å². The quantitative estimate of drug-likeness (QED) is 0.596. The second-order valence-electron chi connectivity index (χ2n) is 4.45. The van der Waals surface area contributed by atoms with Crippen molar-refractivity contribution in [3.05, 3.63) is 0 Å². The Hall–Kier alpha value is -0.180. The van der Waals surface area contributed by atoms with E-state index >= 15 is 0 Å². The molecule has 0 fully saturated rings. The van der Waals surface area contributed by atoms with Crippen molar-refractivity contribution in [1.82, 2.24) is 0 Å². The van der Waals surface area contributed by atoms with Gasteiger partial charge in [0.15, 0.2) is 0 Å². The lowest BCUT2D eigenvalue weighted by molar-refractivity contribution is -0.120. The van der Waals surface area contributed by atoms with Crippen molar-refractivity contribution in [2.75, 3.05) is 14.2 Å². The molecule has 0 bridgehead atoms. The van der Waals surface area contributed by atoms with E-state index in [1.165, 1.54) is 14.2 Å². The van der Waals surface area contributed by atoms with Gasteiger partial charge < -0.3 is 9.05 Å². The molecule has 0 N–H and O–H groups in total. The molecule has 0 amide bonds. The van der Waals surface area contributed by atoms with Crippen LogP contribution in [0.3, 0.4) is 0 Å². The third-order valence-electron chi connectivity index (χ3n) is 3.17. The van der Waals surface area contributed by atoms with E-state index in [9.17, 15) is 9.36 Å². The summed E-state index contributed by atoms with van der Waals surface area (Å²) in [7, 11) is -0.258. The van der Waals surface area contributed by atoms with Gasteiger partial charge in [-0.1, -0.05) is 26.7 Å². The molecule has 0 aliphatic heterocycles. The SMILES string of the molecule is CCCCC(CC(C)C(C)=O)P(=O)(OC)OC. The van der Waals surface area contributed by atoms with Crippen LogP contribution in [-0.2, 0) is 18.4 Å². The summed E-state index contributed by atoms with van der Waals surface area (Å²) in [4.78, 5) is 11.3. The predicted molar refractivity (Wildman–Crippen MR) is 69.4 cm³/mol. The monoisotopic (exact) mass is 264 g/mol. The molecule has 0 saturated carbocycles. The molecule has 0 heterocycles.